The molecule has 0 spiro atoms. The average Bonchev–Trinajstić information content (AvgIpc) is 1.86. The fourth-order valence-electron chi connectivity index (χ4n) is 0.609. The molecule has 1 amide bonds. The molecule has 0 aromatic rings. The molecule has 1 rings (SSSR count). The Kier molecular flexibility index (Phi) is 1.54. The summed E-state index contributed by atoms with van der Waals surface area (Å²) >= 11 is 0. The first kappa shape index (κ1) is 7.55. The van der Waals surface area contributed by atoms with Gasteiger partial charge in [-0.05, 0) is 0 Å². The molecule has 6 heteroatoms. The predicted molar refractivity (Wildman–Crippen MR) is 33.0 cm³/mol. The van der Waals surface area contributed by atoms with E-state index < -0.39 is 17.7 Å². The van der Waals surface area contributed by atoms with Crippen LogP contribution in [-0.4, -0.2) is 27.9 Å². The highest BCUT2D eigenvalue weighted by atomic mass is 16.4. The van der Waals surface area contributed by atoms with E-state index in [1.807, 2.05) is 5.32 Å². The third-order valence-corrected chi connectivity index (χ3v) is 1.14. The van der Waals surface area contributed by atoms with E-state index in [0.29, 0.717) is 0 Å². The van der Waals surface area contributed by atoms with Crippen molar-refractivity contribution in [1.29, 1.82) is 0 Å². The molecule has 0 aromatic carbocycles. The second-order valence-electron chi connectivity index (χ2n) is 1.98. The maximum atomic E-state index is 10.5. The summed E-state index contributed by atoms with van der Waals surface area (Å²) in [6.07, 6.45) is 2.13. The minimum absolute atomic E-state index is 0.659. The van der Waals surface area contributed by atoms with Crippen molar-refractivity contribution in [2.75, 3.05) is 0 Å². The van der Waals surface area contributed by atoms with Crippen LogP contribution in [0.2, 0.25) is 0 Å². The van der Waals surface area contributed by atoms with Crippen molar-refractivity contribution < 1.29 is 19.8 Å². The van der Waals surface area contributed by atoms with Crippen LogP contribution >= 0.6 is 0 Å². The fourth-order valence-corrected chi connectivity index (χ4v) is 0.609. The first-order chi connectivity index (χ1) is 5.04. The molecule has 60 valence electrons. The van der Waals surface area contributed by atoms with Gasteiger partial charge in [-0.25, -0.2) is 4.79 Å². The number of rotatable bonds is 1. The minimum Gasteiger partial charge on any atom is -0.476 e. The van der Waals surface area contributed by atoms with Crippen molar-refractivity contribution in [2.24, 2.45) is 0 Å². The Balaban J connectivity index is 2.83. The lowest BCUT2D eigenvalue weighted by Crippen LogP contribution is -2.64. The van der Waals surface area contributed by atoms with Gasteiger partial charge in [0.25, 0.3) is 0 Å². The van der Waals surface area contributed by atoms with Crippen LogP contribution in [0.4, 0.5) is 0 Å². The number of hydrogen-bond donors (Lipinski definition) is 4. The summed E-state index contributed by atoms with van der Waals surface area (Å²) in [5.41, 5.74) is 0. The Morgan fingerprint density at radius 2 is 2.27 bits per heavy atom. The average molecular weight is 158 g/mol. The molecule has 0 aromatic heterocycles. The number of carbonyl (C=O) groups excluding carboxylic acids is 1. The molecular weight excluding hydrogens is 152 g/mol. The SMILES string of the molecule is O=C1C=CNC(O)(C(=O)O)N1. The number of amides is 1. The van der Waals surface area contributed by atoms with Crippen molar-refractivity contribution >= 4 is 11.9 Å². The van der Waals surface area contributed by atoms with Crippen LogP contribution in [0.1, 0.15) is 0 Å². The quantitative estimate of drug-likeness (QED) is 0.352. The molecule has 0 aliphatic carbocycles. The van der Waals surface area contributed by atoms with Gasteiger partial charge in [-0.15, -0.1) is 0 Å². The maximum Gasteiger partial charge on any atom is 0.380 e. The molecule has 0 fully saturated rings. The molecular formula is C5H6N2O4. The summed E-state index contributed by atoms with van der Waals surface area (Å²) in [5, 5.41) is 21.3. The Hall–Kier alpha value is -1.56. The Labute approximate surface area is 61.5 Å². The number of carboxylic acid groups (broad SMARTS) is 1. The number of aliphatic hydroxyl groups is 1. The van der Waals surface area contributed by atoms with E-state index in [4.69, 9.17) is 10.2 Å². The number of carbonyl (C=O) groups is 2. The highest BCUT2D eigenvalue weighted by Crippen LogP contribution is 1.99. The Bertz CT molecular complexity index is 237. The number of aliphatic carboxylic acids is 1. The van der Waals surface area contributed by atoms with Crippen molar-refractivity contribution in [3.8, 4) is 0 Å². The van der Waals surface area contributed by atoms with E-state index in [2.05, 4.69) is 5.32 Å². The van der Waals surface area contributed by atoms with E-state index in [9.17, 15) is 9.59 Å². The zero-order valence-electron chi connectivity index (χ0n) is 5.37. The number of nitrogens with one attached hydrogen (secondary N) is 2. The molecule has 1 heterocycles. The van der Waals surface area contributed by atoms with Crippen LogP contribution in [-0.2, 0) is 9.59 Å². The van der Waals surface area contributed by atoms with Crippen molar-refractivity contribution in [1.82, 2.24) is 10.6 Å². The molecule has 0 saturated carbocycles. The molecule has 1 atom stereocenters. The van der Waals surface area contributed by atoms with Crippen LogP contribution in [0.15, 0.2) is 12.3 Å². The van der Waals surface area contributed by atoms with Gasteiger partial charge in [0.15, 0.2) is 0 Å². The van der Waals surface area contributed by atoms with Gasteiger partial charge in [-0.2, -0.15) is 0 Å². The van der Waals surface area contributed by atoms with E-state index >= 15 is 0 Å². The molecule has 4 N–H and O–H groups in total. The minimum atomic E-state index is -2.37. The predicted octanol–water partition coefficient (Wildman–Crippen LogP) is -2.05. The van der Waals surface area contributed by atoms with Gasteiger partial charge in [-0.1, -0.05) is 0 Å². The lowest BCUT2D eigenvalue weighted by Gasteiger charge is -2.26. The second kappa shape index (κ2) is 2.24. The fraction of sp³-hybridized carbons (Fsp3) is 0.200. The molecule has 1 aliphatic rings. The molecule has 1 aliphatic heterocycles. The normalized spacial score (nSPS) is 29.0. The van der Waals surface area contributed by atoms with Crippen LogP contribution < -0.4 is 10.6 Å². The molecule has 0 saturated heterocycles. The summed E-state index contributed by atoms with van der Waals surface area (Å²) in [4.78, 5) is 20.8. The van der Waals surface area contributed by atoms with Gasteiger partial charge in [0, 0.05) is 12.3 Å². The molecule has 0 radical (unpaired) electrons. The number of hydrogen-bond acceptors (Lipinski definition) is 4. The van der Waals surface area contributed by atoms with Crippen LogP contribution in [0.25, 0.3) is 0 Å². The van der Waals surface area contributed by atoms with E-state index in [0.717, 1.165) is 12.3 Å². The lowest BCUT2D eigenvalue weighted by atomic mass is 10.3. The van der Waals surface area contributed by atoms with E-state index in [-0.39, 0.29) is 0 Å². The maximum absolute atomic E-state index is 10.5. The summed E-state index contributed by atoms with van der Waals surface area (Å²) < 4.78 is 0. The zero-order chi connectivity index (χ0) is 8.48. The van der Waals surface area contributed by atoms with Crippen LogP contribution in [0, 0.1) is 0 Å². The monoisotopic (exact) mass is 158 g/mol. The molecule has 11 heavy (non-hydrogen) atoms. The highest BCUT2D eigenvalue weighted by Gasteiger charge is 2.38. The standard InChI is InChI=1S/C5H6N2O4/c8-3-1-2-6-5(11,7-3)4(9)10/h1-2,6,11H,(H,7,8)(H,9,10). The van der Waals surface area contributed by atoms with E-state index in [1.54, 1.807) is 0 Å². The Morgan fingerprint density at radius 3 is 2.64 bits per heavy atom. The molecule has 1 unspecified atom stereocenters. The summed E-state index contributed by atoms with van der Waals surface area (Å²) in [6, 6.07) is 0. The first-order valence-corrected chi connectivity index (χ1v) is 2.77. The summed E-state index contributed by atoms with van der Waals surface area (Å²) in [7, 11) is 0. The van der Waals surface area contributed by atoms with Gasteiger partial charge in [0.1, 0.15) is 0 Å². The highest BCUT2D eigenvalue weighted by molar-refractivity contribution is 5.93. The van der Waals surface area contributed by atoms with Crippen LogP contribution in [0.3, 0.4) is 0 Å². The van der Waals surface area contributed by atoms with Crippen LogP contribution in [0.5, 0.6) is 0 Å². The largest absolute Gasteiger partial charge is 0.476 e. The molecule has 0 bridgehead atoms. The topological polar surface area (TPSA) is 98.7 Å². The van der Waals surface area contributed by atoms with Crippen molar-refractivity contribution in [2.45, 2.75) is 5.85 Å². The van der Waals surface area contributed by atoms with Gasteiger partial charge in [-0.3, -0.25) is 10.1 Å². The second-order valence-corrected chi connectivity index (χ2v) is 1.98. The third kappa shape index (κ3) is 1.30. The molecule has 6 nitrogen and oxygen atoms in total. The van der Waals surface area contributed by atoms with Crippen molar-refractivity contribution in [3.63, 3.8) is 0 Å². The summed E-state index contributed by atoms with van der Waals surface area (Å²) in [5.74, 6) is -4.59. The van der Waals surface area contributed by atoms with Gasteiger partial charge >= 0.3 is 11.8 Å². The Morgan fingerprint density at radius 1 is 1.64 bits per heavy atom. The van der Waals surface area contributed by atoms with Gasteiger partial charge < -0.3 is 15.5 Å². The zero-order valence-corrected chi connectivity index (χ0v) is 5.37. The van der Waals surface area contributed by atoms with Gasteiger partial charge in [0.05, 0.1) is 0 Å². The lowest BCUT2D eigenvalue weighted by molar-refractivity contribution is -0.168. The van der Waals surface area contributed by atoms with Crippen molar-refractivity contribution in [3.05, 3.63) is 12.3 Å². The smallest absolute Gasteiger partial charge is 0.380 e. The van der Waals surface area contributed by atoms with Gasteiger partial charge in [0.2, 0.25) is 5.91 Å². The van der Waals surface area contributed by atoms with E-state index in [1.165, 1.54) is 0 Å². The summed E-state index contributed by atoms with van der Waals surface area (Å²) in [6.45, 7) is 0. The first-order valence-electron chi connectivity index (χ1n) is 2.77. The third-order valence-electron chi connectivity index (χ3n) is 1.14. The number of carboxylic acids is 1.